The van der Waals surface area contributed by atoms with Gasteiger partial charge in [0.1, 0.15) is 5.75 Å². The van der Waals surface area contributed by atoms with E-state index in [4.69, 9.17) is 0 Å². The van der Waals surface area contributed by atoms with Crippen LogP contribution in [0, 0.1) is 0 Å². The number of phenols is 1. The summed E-state index contributed by atoms with van der Waals surface area (Å²) in [7, 11) is 0. The molecule has 0 aliphatic heterocycles. The highest BCUT2D eigenvalue weighted by Crippen LogP contribution is 2.22. The van der Waals surface area contributed by atoms with E-state index in [0.717, 1.165) is 4.47 Å². The van der Waals surface area contributed by atoms with Gasteiger partial charge in [0.2, 0.25) is 0 Å². The molecule has 2 N–H and O–H groups in total. The molecule has 0 saturated heterocycles. The van der Waals surface area contributed by atoms with Crippen molar-refractivity contribution < 1.29 is 9.90 Å². The van der Waals surface area contributed by atoms with Gasteiger partial charge in [-0.2, -0.15) is 5.10 Å². The van der Waals surface area contributed by atoms with E-state index in [1.54, 1.807) is 37.3 Å². The fraction of sp³-hybridized carbons (Fsp3) is 0.0769. The van der Waals surface area contributed by atoms with Crippen molar-refractivity contribution in [2.24, 2.45) is 5.10 Å². The minimum Gasteiger partial charge on any atom is -0.507 e. The number of hydrazone groups is 1. The molecule has 0 aliphatic rings. The van der Waals surface area contributed by atoms with Crippen LogP contribution in [0.25, 0.3) is 0 Å². The SMILES string of the molecule is C/C(=N\NC(=O)c1cccs1)c1cc(Br)ccc1O. The summed E-state index contributed by atoms with van der Waals surface area (Å²) in [5.74, 6) is -0.140. The van der Waals surface area contributed by atoms with Crippen LogP contribution in [0.5, 0.6) is 5.75 Å². The first-order valence-corrected chi connectivity index (χ1v) is 7.12. The third-order valence-corrected chi connectivity index (χ3v) is 3.78. The normalized spacial score (nSPS) is 11.4. The first-order valence-electron chi connectivity index (χ1n) is 5.45. The molecule has 1 aromatic heterocycles. The zero-order valence-electron chi connectivity index (χ0n) is 10.1. The molecule has 0 radical (unpaired) electrons. The van der Waals surface area contributed by atoms with Crippen molar-refractivity contribution in [3.63, 3.8) is 0 Å². The van der Waals surface area contributed by atoms with Crippen LogP contribution < -0.4 is 5.43 Å². The molecular weight excluding hydrogens is 328 g/mol. The van der Waals surface area contributed by atoms with Crippen LogP contribution in [0.3, 0.4) is 0 Å². The number of thiophene rings is 1. The number of hydrogen-bond donors (Lipinski definition) is 2. The molecule has 98 valence electrons. The summed E-state index contributed by atoms with van der Waals surface area (Å²) in [6.07, 6.45) is 0. The standard InChI is InChI=1S/C13H11BrN2O2S/c1-8(10-7-9(14)4-5-11(10)17)15-16-13(18)12-3-2-6-19-12/h2-7,17H,1H3,(H,16,18)/b15-8+. The number of hydrogen-bond acceptors (Lipinski definition) is 4. The van der Waals surface area contributed by atoms with Crippen LogP contribution in [-0.4, -0.2) is 16.7 Å². The average molecular weight is 339 g/mol. The second-order valence-corrected chi connectivity index (χ2v) is 5.64. The number of rotatable bonds is 3. The Balaban J connectivity index is 2.15. The van der Waals surface area contributed by atoms with Gasteiger partial charge in [0.25, 0.3) is 5.91 Å². The van der Waals surface area contributed by atoms with Gasteiger partial charge < -0.3 is 5.11 Å². The van der Waals surface area contributed by atoms with Crippen molar-refractivity contribution in [3.05, 3.63) is 50.6 Å². The summed E-state index contributed by atoms with van der Waals surface area (Å²) >= 11 is 4.67. The number of aromatic hydroxyl groups is 1. The molecule has 0 unspecified atom stereocenters. The number of phenolic OH excluding ortho intramolecular Hbond substituents is 1. The fourth-order valence-corrected chi connectivity index (χ4v) is 2.43. The number of benzene rings is 1. The number of carbonyl (C=O) groups is 1. The lowest BCUT2D eigenvalue weighted by Crippen LogP contribution is -2.18. The molecule has 0 spiro atoms. The number of nitrogens with one attached hydrogen (secondary N) is 1. The molecule has 6 heteroatoms. The van der Waals surface area contributed by atoms with Crippen molar-refractivity contribution in [3.8, 4) is 5.75 Å². The Morgan fingerprint density at radius 2 is 2.21 bits per heavy atom. The number of halogens is 1. The van der Waals surface area contributed by atoms with E-state index in [-0.39, 0.29) is 11.7 Å². The van der Waals surface area contributed by atoms with Crippen LogP contribution in [0.4, 0.5) is 0 Å². The van der Waals surface area contributed by atoms with Gasteiger partial charge in [-0.15, -0.1) is 11.3 Å². The number of carbonyl (C=O) groups excluding carboxylic acids is 1. The fourth-order valence-electron chi connectivity index (χ4n) is 1.46. The maximum Gasteiger partial charge on any atom is 0.281 e. The minimum absolute atomic E-state index is 0.120. The van der Waals surface area contributed by atoms with E-state index in [9.17, 15) is 9.90 Å². The zero-order valence-corrected chi connectivity index (χ0v) is 12.5. The lowest BCUT2D eigenvalue weighted by molar-refractivity contribution is 0.0959. The first-order chi connectivity index (χ1) is 9.08. The Morgan fingerprint density at radius 3 is 2.89 bits per heavy atom. The molecule has 1 amide bonds. The van der Waals surface area contributed by atoms with Crippen LogP contribution in [0.15, 0.2) is 45.3 Å². The highest BCUT2D eigenvalue weighted by molar-refractivity contribution is 9.10. The first kappa shape index (κ1) is 13.8. The Labute approximate surface area is 122 Å². The lowest BCUT2D eigenvalue weighted by atomic mass is 10.1. The number of amides is 1. The minimum atomic E-state index is -0.260. The maximum atomic E-state index is 11.7. The van der Waals surface area contributed by atoms with E-state index >= 15 is 0 Å². The van der Waals surface area contributed by atoms with Gasteiger partial charge in [-0.1, -0.05) is 22.0 Å². The second kappa shape index (κ2) is 5.99. The topological polar surface area (TPSA) is 61.7 Å². The maximum absolute atomic E-state index is 11.7. The predicted molar refractivity (Wildman–Crippen MR) is 79.8 cm³/mol. The molecular formula is C13H11BrN2O2S. The predicted octanol–water partition coefficient (Wildman–Crippen LogP) is 3.37. The van der Waals surface area contributed by atoms with Crippen LogP contribution in [-0.2, 0) is 0 Å². The van der Waals surface area contributed by atoms with E-state index in [2.05, 4.69) is 26.5 Å². The molecule has 1 aromatic carbocycles. The largest absolute Gasteiger partial charge is 0.507 e. The Hall–Kier alpha value is -1.66. The molecule has 2 aromatic rings. The highest BCUT2D eigenvalue weighted by atomic mass is 79.9. The van der Waals surface area contributed by atoms with Gasteiger partial charge in [-0.25, -0.2) is 5.43 Å². The van der Waals surface area contributed by atoms with Crippen LogP contribution in [0.1, 0.15) is 22.2 Å². The Morgan fingerprint density at radius 1 is 1.42 bits per heavy atom. The highest BCUT2D eigenvalue weighted by Gasteiger charge is 2.08. The molecule has 2 rings (SSSR count). The zero-order chi connectivity index (χ0) is 13.8. The second-order valence-electron chi connectivity index (χ2n) is 3.78. The molecule has 1 heterocycles. The quantitative estimate of drug-likeness (QED) is 0.665. The molecule has 19 heavy (non-hydrogen) atoms. The van der Waals surface area contributed by atoms with Crippen molar-refractivity contribution in [1.82, 2.24) is 5.43 Å². The smallest absolute Gasteiger partial charge is 0.281 e. The van der Waals surface area contributed by atoms with Crippen molar-refractivity contribution in [2.75, 3.05) is 0 Å². The average Bonchev–Trinajstić information content (AvgIpc) is 2.92. The van der Waals surface area contributed by atoms with E-state index in [1.165, 1.54) is 11.3 Å². The summed E-state index contributed by atoms with van der Waals surface area (Å²) in [6.45, 7) is 1.72. The summed E-state index contributed by atoms with van der Waals surface area (Å²) in [5.41, 5.74) is 3.56. The van der Waals surface area contributed by atoms with Crippen LogP contribution in [0.2, 0.25) is 0 Å². The van der Waals surface area contributed by atoms with Gasteiger partial charge in [-0.3, -0.25) is 4.79 Å². The van der Waals surface area contributed by atoms with Gasteiger partial charge in [0.15, 0.2) is 0 Å². The molecule has 4 nitrogen and oxygen atoms in total. The third kappa shape index (κ3) is 3.42. The van der Waals surface area contributed by atoms with Crippen LogP contribution >= 0.6 is 27.3 Å². The summed E-state index contributed by atoms with van der Waals surface area (Å²) in [6, 6.07) is 8.57. The summed E-state index contributed by atoms with van der Waals surface area (Å²) in [4.78, 5) is 12.3. The third-order valence-electron chi connectivity index (χ3n) is 2.42. The summed E-state index contributed by atoms with van der Waals surface area (Å²) < 4.78 is 0.833. The van der Waals surface area contributed by atoms with E-state index in [0.29, 0.717) is 16.2 Å². The number of nitrogens with zero attached hydrogens (tertiary/aromatic N) is 1. The lowest BCUT2D eigenvalue weighted by Gasteiger charge is -2.05. The molecule has 0 aliphatic carbocycles. The van der Waals surface area contributed by atoms with Crippen molar-refractivity contribution in [2.45, 2.75) is 6.92 Å². The Kier molecular flexibility index (Phi) is 4.34. The van der Waals surface area contributed by atoms with Gasteiger partial charge in [0, 0.05) is 10.0 Å². The van der Waals surface area contributed by atoms with E-state index < -0.39 is 0 Å². The van der Waals surface area contributed by atoms with Crippen molar-refractivity contribution in [1.29, 1.82) is 0 Å². The van der Waals surface area contributed by atoms with Gasteiger partial charge >= 0.3 is 0 Å². The molecule has 0 atom stereocenters. The monoisotopic (exact) mass is 338 g/mol. The van der Waals surface area contributed by atoms with Crippen molar-refractivity contribution >= 4 is 38.9 Å². The summed E-state index contributed by atoms with van der Waals surface area (Å²) in [5, 5.41) is 15.6. The Bertz CT molecular complexity index is 624. The van der Waals surface area contributed by atoms with Gasteiger partial charge in [-0.05, 0) is 36.6 Å². The molecule has 0 bridgehead atoms. The van der Waals surface area contributed by atoms with Gasteiger partial charge in [0.05, 0.1) is 10.6 Å². The molecule has 0 fully saturated rings. The van der Waals surface area contributed by atoms with E-state index in [1.807, 2.05) is 5.38 Å². The molecule has 0 saturated carbocycles.